The highest BCUT2D eigenvalue weighted by molar-refractivity contribution is 5.74. The first-order valence-electron chi connectivity index (χ1n) is 8.71. The van der Waals surface area contributed by atoms with Crippen LogP contribution in [0.5, 0.6) is 5.75 Å². The van der Waals surface area contributed by atoms with E-state index in [-0.39, 0.29) is 16.9 Å². The van der Waals surface area contributed by atoms with Crippen molar-refractivity contribution in [2.45, 2.75) is 31.1 Å². The molecule has 0 saturated carbocycles. The van der Waals surface area contributed by atoms with E-state index >= 15 is 0 Å². The van der Waals surface area contributed by atoms with E-state index in [0.717, 1.165) is 12.1 Å². The molecule has 0 amide bonds. The lowest BCUT2D eigenvalue weighted by molar-refractivity contribution is -0.143. The molecule has 1 aliphatic heterocycles. The Labute approximate surface area is 159 Å². The number of halogens is 4. The van der Waals surface area contributed by atoms with Crippen molar-refractivity contribution >= 4 is 5.97 Å². The molecule has 0 radical (unpaired) electrons. The van der Waals surface area contributed by atoms with Crippen molar-refractivity contribution in [3.05, 3.63) is 65.0 Å². The average molecular weight is 397 g/mol. The van der Waals surface area contributed by atoms with Crippen molar-refractivity contribution in [1.29, 1.82) is 0 Å². The van der Waals surface area contributed by atoms with Gasteiger partial charge in [-0.1, -0.05) is 12.1 Å². The van der Waals surface area contributed by atoms with Crippen LogP contribution in [0.15, 0.2) is 42.5 Å². The third kappa shape index (κ3) is 3.96. The molecule has 4 nitrogen and oxygen atoms in total. The van der Waals surface area contributed by atoms with Crippen LogP contribution in [0.4, 0.5) is 17.6 Å². The van der Waals surface area contributed by atoms with E-state index < -0.39 is 35.6 Å². The summed E-state index contributed by atoms with van der Waals surface area (Å²) in [7, 11) is 1.37. The summed E-state index contributed by atoms with van der Waals surface area (Å²) in [6, 6.07) is 6.66. The number of carbonyl (C=O) groups is 1. The third-order valence-corrected chi connectivity index (χ3v) is 4.93. The van der Waals surface area contributed by atoms with Gasteiger partial charge in [-0.2, -0.15) is 13.2 Å². The number of rotatable bonds is 5. The summed E-state index contributed by atoms with van der Waals surface area (Å²) in [5, 5.41) is 9.56. The van der Waals surface area contributed by atoms with Gasteiger partial charge in [0.2, 0.25) is 0 Å². The fourth-order valence-electron chi connectivity index (χ4n) is 3.72. The first kappa shape index (κ1) is 20.1. The lowest BCUT2D eigenvalue weighted by atomic mass is 9.94. The van der Waals surface area contributed by atoms with Crippen molar-refractivity contribution in [2.24, 2.45) is 0 Å². The minimum atomic E-state index is -4.55. The van der Waals surface area contributed by atoms with Crippen LogP contribution in [0.25, 0.3) is 0 Å². The fraction of sp³-hybridized carbons (Fsp3) is 0.350. The highest BCUT2D eigenvalue weighted by Gasteiger charge is 2.39. The summed E-state index contributed by atoms with van der Waals surface area (Å²) in [6.07, 6.45) is -3.61. The second kappa shape index (κ2) is 7.79. The molecule has 1 fully saturated rings. The van der Waals surface area contributed by atoms with Gasteiger partial charge in [-0.05, 0) is 48.7 Å². The summed E-state index contributed by atoms with van der Waals surface area (Å²) >= 11 is 0. The number of aliphatic carboxylic acids is 1. The second-order valence-corrected chi connectivity index (χ2v) is 6.65. The second-order valence-electron chi connectivity index (χ2n) is 6.65. The Morgan fingerprint density at radius 1 is 1.25 bits per heavy atom. The van der Waals surface area contributed by atoms with Crippen molar-refractivity contribution < 1.29 is 32.2 Å². The predicted octanol–water partition coefficient (Wildman–Crippen LogP) is 4.49. The number of hydrogen-bond donors (Lipinski definition) is 1. The molecular formula is C20H19F4NO3. The molecule has 2 aromatic carbocycles. The number of likely N-dealkylation sites (tertiary alicyclic amines) is 1. The highest BCUT2D eigenvalue weighted by Crippen LogP contribution is 2.41. The van der Waals surface area contributed by atoms with E-state index in [9.17, 15) is 27.5 Å². The number of nitrogens with zero attached hydrogens (tertiary/aromatic N) is 1. The van der Waals surface area contributed by atoms with Gasteiger partial charge < -0.3 is 9.84 Å². The molecule has 28 heavy (non-hydrogen) atoms. The molecule has 1 N–H and O–H groups in total. The molecule has 2 aromatic rings. The Bertz CT molecular complexity index is 869. The minimum absolute atomic E-state index is 0.229. The van der Waals surface area contributed by atoms with Crippen LogP contribution in [0.2, 0.25) is 0 Å². The summed E-state index contributed by atoms with van der Waals surface area (Å²) in [5.41, 5.74) is -0.335. The molecule has 150 valence electrons. The lowest BCUT2D eigenvalue weighted by Crippen LogP contribution is -2.39. The molecule has 0 aromatic heterocycles. The van der Waals surface area contributed by atoms with Gasteiger partial charge >= 0.3 is 12.1 Å². The quantitative estimate of drug-likeness (QED) is 0.756. The monoisotopic (exact) mass is 397 g/mol. The molecule has 2 atom stereocenters. The topological polar surface area (TPSA) is 49.8 Å². The standard InChI is InChI=1S/C20H19F4NO3/c1-28-17-8-7-14(21)11-15(17)18(25-9-3-6-16(25)19(26)27)12-4-2-5-13(10-12)20(22,23)24/h2,4-5,7-8,10-11,16,18H,3,6,9H2,1H3,(H,26,27). The molecule has 1 aliphatic rings. The van der Waals surface area contributed by atoms with Crippen LogP contribution in [0.3, 0.4) is 0 Å². The Balaban J connectivity index is 2.19. The zero-order valence-corrected chi connectivity index (χ0v) is 15.0. The van der Waals surface area contributed by atoms with Gasteiger partial charge in [-0.25, -0.2) is 4.39 Å². The molecule has 3 rings (SSSR count). The number of hydrogen-bond acceptors (Lipinski definition) is 3. The Kier molecular flexibility index (Phi) is 5.60. The number of carboxylic acids is 1. The van der Waals surface area contributed by atoms with Crippen LogP contribution in [-0.4, -0.2) is 35.7 Å². The number of methoxy groups -OCH3 is 1. The van der Waals surface area contributed by atoms with Gasteiger partial charge in [0.05, 0.1) is 18.7 Å². The lowest BCUT2D eigenvalue weighted by Gasteiger charge is -2.33. The van der Waals surface area contributed by atoms with Crippen molar-refractivity contribution in [2.75, 3.05) is 13.7 Å². The number of benzene rings is 2. The van der Waals surface area contributed by atoms with E-state index in [1.807, 2.05) is 0 Å². The molecule has 0 aliphatic carbocycles. The van der Waals surface area contributed by atoms with E-state index in [1.54, 1.807) is 4.90 Å². The maximum absolute atomic E-state index is 14.0. The molecular weight excluding hydrogens is 378 g/mol. The van der Waals surface area contributed by atoms with Gasteiger partial charge in [0.15, 0.2) is 0 Å². The van der Waals surface area contributed by atoms with Gasteiger partial charge in [0.25, 0.3) is 0 Å². The van der Waals surface area contributed by atoms with Crippen LogP contribution >= 0.6 is 0 Å². The molecule has 0 bridgehead atoms. The Morgan fingerprint density at radius 2 is 2.00 bits per heavy atom. The van der Waals surface area contributed by atoms with Gasteiger partial charge in [0, 0.05) is 12.1 Å². The van der Waals surface area contributed by atoms with Crippen molar-refractivity contribution in [3.63, 3.8) is 0 Å². The van der Waals surface area contributed by atoms with Crippen LogP contribution < -0.4 is 4.74 Å². The maximum Gasteiger partial charge on any atom is 0.416 e. The van der Waals surface area contributed by atoms with E-state index in [2.05, 4.69) is 0 Å². The normalized spacial score (nSPS) is 18.8. The SMILES string of the molecule is COc1ccc(F)cc1C(c1cccc(C(F)(F)F)c1)N1CCCC1C(=O)O. The average Bonchev–Trinajstić information content (AvgIpc) is 3.11. The van der Waals surface area contributed by atoms with Crippen LogP contribution in [0, 0.1) is 5.82 Å². The first-order valence-corrected chi connectivity index (χ1v) is 8.71. The highest BCUT2D eigenvalue weighted by atomic mass is 19.4. The fourth-order valence-corrected chi connectivity index (χ4v) is 3.72. The smallest absolute Gasteiger partial charge is 0.416 e. The molecule has 0 spiro atoms. The van der Waals surface area contributed by atoms with Crippen LogP contribution in [0.1, 0.15) is 35.6 Å². The predicted molar refractivity (Wildman–Crippen MR) is 93.6 cm³/mol. The molecule has 1 saturated heterocycles. The number of alkyl halides is 3. The maximum atomic E-state index is 14.0. The molecule has 8 heteroatoms. The number of carboxylic acid groups (broad SMARTS) is 1. The Hall–Kier alpha value is -2.61. The van der Waals surface area contributed by atoms with Gasteiger partial charge in [-0.15, -0.1) is 0 Å². The summed E-state index contributed by atoms with van der Waals surface area (Å²) in [6.45, 7) is 0.359. The van der Waals surface area contributed by atoms with Crippen LogP contribution in [-0.2, 0) is 11.0 Å². The van der Waals surface area contributed by atoms with Gasteiger partial charge in [0.1, 0.15) is 17.6 Å². The van der Waals surface area contributed by atoms with Gasteiger partial charge in [-0.3, -0.25) is 9.69 Å². The first-order chi connectivity index (χ1) is 13.2. The summed E-state index contributed by atoms with van der Waals surface area (Å²) in [5.74, 6) is -1.37. The minimum Gasteiger partial charge on any atom is -0.496 e. The zero-order chi connectivity index (χ0) is 20.5. The summed E-state index contributed by atoms with van der Waals surface area (Å²) < 4.78 is 59.0. The largest absolute Gasteiger partial charge is 0.496 e. The molecule has 2 unspecified atom stereocenters. The van der Waals surface area contributed by atoms with E-state index in [4.69, 9.17) is 4.74 Å². The Morgan fingerprint density at radius 3 is 2.64 bits per heavy atom. The zero-order valence-electron chi connectivity index (χ0n) is 15.0. The molecule has 1 heterocycles. The van der Waals surface area contributed by atoms with Crippen molar-refractivity contribution in [1.82, 2.24) is 4.90 Å². The number of ether oxygens (including phenoxy) is 1. The van der Waals surface area contributed by atoms with E-state index in [1.165, 1.54) is 37.4 Å². The third-order valence-electron chi connectivity index (χ3n) is 4.93. The van der Waals surface area contributed by atoms with E-state index in [0.29, 0.717) is 19.4 Å². The summed E-state index contributed by atoms with van der Waals surface area (Å²) in [4.78, 5) is 13.3. The van der Waals surface area contributed by atoms with Crippen molar-refractivity contribution in [3.8, 4) is 5.75 Å².